The number of methoxy groups -OCH3 is 1. The van der Waals surface area contributed by atoms with Crippen molar-refractivity contribution in [2.24, 2.45) is 4.99 Å². The smallest absolute Gasteiger partial charge is 0.340 e. The van der Waals surface area contributed by atoms with Crippen LogP contribution < -0.4 is 0 Å². The molecular weight excluding hydrogens is 194 g/mol. The van der Waals surface area contributed by atoms with E-state index in [9.17, 15) is 9.59 Å². The second kappa shape index (κ2) is 4.53. The molecule has 0 aliphatic heterocycles. The molecule has 0 bridgehead atoms. The van der Waals surface area contributed by atoms with E-state index in [1.165, 1.54) is 13.2 Å². The Bertz CT molecular complexity index is 445. The van der Waals surface area contributed by atoms with E-state index in [0.717, 1.165) is 11.1 Å². The fourth-order valence-electron chi connectivity index (χ4n) is 1.42. The number of rotatable bonds is 2. The van der Waals surface area contributed by atoms with Crippen molar-refractivity contribution in [3.8, 4) is 0 Å². The molecule has 0 aliphatic carbocycles. The molecule has 0 atom stereocenters. The highest BCUT2D eigenvalue weighted by Crippen LogP contribution is 2.25. The van der Waals surface area contributed by atoms with Crippen LogP contribution in [0.25, 0.3) is 0 Å². The van der Waals surface area contributed by atoms with Crippen molar-refractivity contribution in [3.05, 3.63) is 28.8 Å². The molecule has 1 aromatic rings. The lowest BCUT2D eigenvalue weighted by Gasteiger charge is -2.06. The number of aryl methyl sites for hydroxylation is 2. The minimum atomic E-state index is -0.504. The van der Waals surface area contributed by atoms with Crippen molar-refractivity contribution in [3.63, 3.8) is 0 Å². The molecule has 0 radical (unpaired) electrons. The lowest BCUT2D eigenvalue weighted by molar-refractivity contribution is 0.0601. The van der Waals surface area contributed by atoms with Gasteiger partial charge >= 0.3 is 5.97 Å². The van der Waals surface area contributed by atoms with Gasteiger partial charge in [-0.15, -0.1) is 0 Å². The predicted molar refractivity (Wildman–Crippen MR) is 55.0 cm³/mol. The third-order valence-corrected chi connectivity index (χ3v) is 2.01. The summed E-state index contributed by atoms with van der Waals surface area (Å²) in [5.74, 6) is -0.504. The van der Waals surface area contributed by atoms with Gasteiger partial charge in [0.2, 0.25) is 6.08 Å². The molecule has 0 aromatic heterocycles. The van der Waals surface area contributed by atoms with Gasteiger partial charge < -0.3 is 4.74 Å². The average molecular weight is 205 g/mol. The van der Waals surface area contributed by atoms with Gasteiger partial charge in [-0.1, -0.05) is 6.07 Å². The van der Waals surface area contributed by atoms with Crippen LogP contribution in [0.3, 0.4) is 0 Å². The van der Waals surface area contributed by atoms with Crippen LogP contribution in [0, 0.1) is 13.8 Å². The molecule has 78 valence electrons. The molecule has 0 saturated carbocycles. The molecule has 0 amide bonds. The average Bonchev–Trinajstić information content (AvgIpc) is 2.20. The summed E-state index contributed by atoms with van der Waals surface area (Å²) in [6, 6.07) is 3.47. The first-order valence-corrected chi connectivity index (χ1v) is 4.37. The summed E-state index contributed by atoms with van der Waals surface area (Å²) in [5, 5.41) is 0. The highest BCUT2D eigenvalue weighted by atomic mass is 16.5. The zero-order valence-electron chi connectivity index (χ0n) is 8.83. The van der Waals surface area contributed by atoms with Crippen molar-refractivity contribution < 1.29 is 14.3 Å². The standard InChI is InChI=1S/C11H11NO3/c1-7-4-8(2)10(12-6-13)9(5-7)11(14)15-3/h4-5H,1-3H3. The molecular formula is C11H11NO3. The third-order valence-electron chi connectivity index (χ3n) is 2.01. The Kier molecular flexibility index (Phi) is 3.37. The Morgan fingerprint density at radius 3 is 2.60 bits per heavy atom. The van der Waals surface area contributed by atoms with Gasteiger partial charge in [0.05, 0.1) is 18.4 Å². The Hall–Kier alpha value is -1.93. The second-order valence-corrected chi connectivity index (χ2v) is 3.17. The largest absolute Gasteiger partial charge is 0.465 e. The molecule has 1 rings (SSSR count). The molecule has 0 aliphatic rings. The molecule has 15 heavy (non-hydrogen) atoms. The molecule has 1 aromatic carbocycles. The summed E-state index contributed by atoms with van der Waals surface area (Å²) in [7, 11) is 1.29. The normalized spacial score (nSPS) is 9.27. The maximum atomic E-state index is 11.4. The van der Waals surface area contributed by atoms with Crippen LogP contribution in [0.5, 0.6) is 0 Å². The molecule has 0 fully saturated rings. The number of aliphatic imine (C=N–C) groups is 1. The maximum Gasteiger partial charge on any atom is 0.340 e. The molecule has 4 heteroatoms. The van der Waals surface area contributed by atoms with E-state index >= 15 is 0 Å². The Morgan fingerprint density at radius 2 is 2.07 bits per heavy atom. The summed E-state index contributed by atoms with van der Waals surface area (Å²) < 4.78 is 4.60. The van der Waals surface area contributed by atoms with Crippen LogP contribution in [0.4, 0.5) is 5.69 Å². The quantitative estimate of drug-likeness (QED) is 0.422. The van der Waals surface area contributed by atoms with E-state index in [2.05, 4.69) is 9.73 Å². The number of hydrogen-bond donors (Lipinski definition) is 0. The van der Waals surface area contributed by atoms with Gasteiger partial charge in [0, 0.05) is 0 Å². The highest BCUT2D eigenvalue weighted by Gasteiger charge is 2.14. The molecule has 0 saturated heterocycles. The van der Waals surface area contributed by atoms with Crippen LogP contribution in [0.15, 0.2) is 17.1 Å². The lowest BCUT2D eigenvalue weighted by atomic mass is 10.0. The van der Waals surface area contributed by atoms with Gasteiger partial charge in [-0.2, -0.15) is 4.99 Å². The van der Waals surface area contributed by atoms with Crippen molar-refractivity contribution in [2.45, 2.75) is 13.8 Å². The van der Waals surface area contributed by atoms with Gasteiger partial charge in [0.1, 0.15) is 0 Å². The van der Waals surface area contributed by atoms with Crippen molar-refractivity contribution in [2.75, 3.05) is 7.11 Å². The lowest BCUT2D eigenvalue weighted by Crippen LogP contribution is -2.03. The minimum Gasteiger partial charge on any atom is -0.465 e. The number of hydrogen-bond acceptors (Lipinski definition) is 4. The summed E-state index contributed by atoms with van der Waals surface area (Å²) in [6.07, 6.45) is 1.43. The molecule has 0 heterocycles. The molecule has 0 spiro atoms. The van der Waals surface area contributed by atoms with Crippen LogP contribution in [-0.2, 0) is 9.53 Å². The van der Waals surface area contributed by atoms with E-state index in [0.29, 0.717) is 11.3 Å². The van der Waals surface area contributed by atoms with Crippen molar-refractivity contribution in [1.29, 1.82) is 0 Å². The Morgan fingerprint density at radius 1 is 1.40 bits per heavy atom. The van der Waals surface area contributed by atoms with Gasteiger partial charge in [0.15, 0.2) is 0 Å². The minimum absolute atomic E-state index is 0.290. The fraction of sp³-hybridized carbons (Fsp3) is 0.273. The Labute approximate surface area is 87.6 Å². The summed E-state index contributed by atoms with van der Waals surface area (Å²) in [6.45, 7) is 3.63. The van der Waals surface area contributed by atoms with Crippen LogP contribution in [-0.4, -0.2) is 19.2 Å². The fourth-order valence-corrected chi connectivity index (χ4v) is 1.42. The number of carbonyl (C=O) groups is 1. The topological polar surface area (TPSA) is 55.7 Å². The zero-order chi connectivity index (χ0) is 11.4. The third kappa shape index (κ3) is 2.30. The number of carbonyl (C=O) groups excluding carboxylic acids is 2. The number of ether oxygens (including phenoxy) is 1. The predicted octanol–water partition coefficient (Wildman–Crippen LogP) is 2.06. The van der Waals surface area contributed by atoms with Crippen LogP contribution in [0.1, 0.15) is 21.5 Å². The number of benzene rings is 1. The van der Waals surface area contributed by atoms with Gasteiger partial charge in [-0.3, -0.25) is 0 Å². The van der Waals surface area contributed by atoms with E-state index in [1.54, 1.807) is 13.0 Å². The Balaban J connectivity index is 3.45. The van der Waals surface area contributed by atoms with Crippen molar-refractivity contribution >= 4 is 17.7 Å². The molecule has 4 nitrogen and oxygen atoms in total. The second-order valence-electron chi connectivity index (χ2n) is 3.17. The van der Waals surface area contributed by atoms with Crippen LogP contribution >= 0.6 is 0 Å². The molecule has 0 unspecified atom stereocenters. The van der Waals surface area contributed by atoms with E-state index in [4.69, 9.17) is 0 Å². The van der Waals surface area contributed by atoms with E-state index < -0.39 is 5.97 Å². The van der Waals surface area contributed by atoms with Crippen molar-refractivity contribution in [1.82, 2.24) is 0 Å². The number of esters is 1. The number of nitrogens with zero attached hydrogens (tertiary/aromatic N) is 1. The maximum absolute atomic E-state index is 11.4. The van der Waals surface area contributed by atoms with Gasteiger partial charge in [-0.25, -0.2) is 9.59 Å². The molecule has 0 N–H and O–H groups in total. The first-order chi connectivity index (χ1) is 7.10. The monoisotopic (exact) mass is 205 g/mol. The zero-order valence-corrected chi connectivity index (χ0v) is 8.83. The number of isocyanates is 1. The van der Waals surface area contributed by atoms with Gasteiger partial charge in [-0.05, 0) is 31.0 Å². The first kappa shape index (κ1) is 11.1. The summed E-state index contributed by atoms with van der Waals surface area (Å²) in [5.41, 5.74) is 2.28. The van der Waals surface area contributed by atoms with Gasteiger partial charge in [0.25, 0.3) is 0 Å². The van der Waals surface area contributed by atoms with E-state index in [1.807, 2.05) is 13.0 Å². The summed E-state index contributed by atoms with van der Waals surface area (Å²) in [4.78, 5) is 25.1. The first-order valence-electron chi connectivity index (χ1n) is 4.37. The van der Waals surface area contributed by atoms with E-state index in [-0.39, 0.29) is 0 Å². The summed E-state index contributed by atoms with van der Waals surface area (Å²) >= 11 is 0. The highest BCUT2D eigenvalue weighted by molar-refractivity contribution is 5.96. The van der Waals surface area contributed by atoms with Crippen LogP contribution in [0.2, 0.25) is 0 Å². The SMILES string of the molecule is COC(=O)c1cc(C)cc(C)c1N=C=O.